The van der Waals surface area contributed by atoms with Gasteiger partial charge in [-0.15, -0.1) is 0 Å². The monoisotopic (exact) mass is 160 g/mol. The van der Waals surface area contributed by atoms with Gasteiger partial charge in [0, 0.05) is 0 Å². The van der Waals surface area contributed by atoms with Gasteiger partial charge in [0.1, 0.15) is 0 Å². The van der Waals surface area contributed by atoms with Crippen molar-refractivity contribution in [3.8, 4) is 0 Å². The SMILES string of the molecule is NC(N)=O.O=C([O-])O.[K+]. The molecule has 2 amide bonds. The molecule has 6 nitrogen and oxygen atoms in total. The van der Waals surface area contributed by atoms with Gasteiger partial charge >= 0.3 is 57.4 Å². The Kier molecular flexibility index (Phi) is 19.7. The fraction of sp³-hybridized carbons (Fsp3) is 0. The molecule has 0 fully saturated rings. The van der Waals surface area contributed by atoms with E-state index in [2.05, 4.69) is 11.5 Å². The zero-order valence-corrected chi connectivity index (χ0v) is 7.95. The quantitative estimate of drug-likeness (QED) is 0.306. The van der Waals surface area contributed by atoms with Crippen molar-refractivity contribution in [2.45, 2.75) is 0 Å². The van der Waals surface area contributed by atoms with E-state index in [1.165, 1.54) is 0 Å². The summed E-state index contributed by atoms with van der Waals surface area (Å²) in [6.07, 6.45) is -2.08. The summed E-state index contributed by atoms with van der Waals surface area (Å²) in [6.45, 7) is 0. The number of amides is 2. The number of carbonyl (C=O) groups excluding carboxylic acids is 1. The molecule has 0 atom stereocenters. The van der Waals surface area contributed by atoms with Crippen molar-refractivity contribution in [1.29, 1.82) is 0 Å². The van der Waals surface area contributed by atoms with Crippen molar-refractivity contribution in [3.63, 3.8) is 0 Å². The van der Waals surface area contributed by atoms with E-state index in [-0.39, 0.29) is 51.4 Å². The predicted molar refractivity (Wildman–Crippen MR) is 21.8 cm³/mol. The Bertz CT molecular complexity index is 74.6. The summed E-state index contributed by atoms with van der Waals surface area (Å²) in [5.41, 5.74) is 8.50. The number of carboxylic acid groups (broad SMARTS) is 2. The van der Waals surface area contributed by atoms with Crippen LogP contribution in [0.25, 0.3) is 0 Å². The number of carbonyl (C=O) groups is 2. The van der Waals surface area contributed by atoms with Gasteiger partial charge in [-0.2, -0.15) is 0 Å². The molecule has 0 aliphatic carbocycles. The van der Waals surface area contributed by atoms with Crippen LogP contribution in [0.4, 0.5) is 9.59 Å². The summed E-state index contributed by atoms with van der Waals surface area (Å²) in [7, 11) is 0. The first-order valence-corrected chi connectivity index (χ1v) is 1.41. The molecule has 7 heteroatoms. The van der Waals surface area contributed by atoms with Gasteiger partial charge in [0.2, 0.25) is 6.16 Å². The fourth-order valence-electron chi connectivity index (χ4n) is 0. The number of nitrogens with two attached hydrogens (primary N) is 2. The minimum absolute atomic E-state index is 0. The molecule has 5 N–H and O–H groups in total. The third-order valence-electron chi connectivity index (χ3n) is 0. The summed E-state index contributed by atoms with van der Waals surface area (Å²) >= 11 is 0. The van der Waals surface area contributed by atoms with Crippen LogP contribution in [0.2, 0.25) is 0 Å². The largest absolute Gasteiger partial charge is 1.00 e. The Hall–Kier alpha value is 0.176. The van der Waals surface area contributed by atoms with Gasteiger partial charge in [0.05, 0.1) is 0 Å². The van der Waals surface area contributed by atoms with E-state index >= 15 is 0 Å². The van der Waals surface area contributed by atoms with Gasteiger partial charge in [-0.1, -0.05) is 0 Å². The van der Waals surface area contributed by atoms with Gasteiger partial charge in [0.15, 0.2) is 0 Å². The van der Waals surface area contributed by atoms with Crippen LogP contribution >= 0.6 is 0 Å². The van der Waals surface area contributed by atoms with Crippen LogP contribution in [0.3, 0.4) is 0 Å². The van der Waals surface area contributed by atoms with E-state index in [0.717, 1.165) is 0 Å². The number of hydrogen-bond donors (Lipinski definition) is 3. The zero-order chi connectivity index (χ0) is 7.15. The Morgan fingerprint density at radius 2 is 1.33 bits per heavy atom. The molecule has 0 aromatic carbocycles. The van der Waals surface area contributed by atoms with Crippen molar-refractivity contribution >= 4 is 12.2 Å². The number of hydrogen-bond acceptors (Lipinski definition) is 3. The molecule has 0 heterocycles. The fourth-order valence-corrected chi connectivity index (χ4v) is 0. The second kappa shape index (κ2) is 11.0. The number of primary amides is 2. The average Bonchev–Trinajstić information content (AvgIpc) is 1.25. The maximum absolute atomic E-state index is 9.00. The molecular weight excluding hydrogens is 155 g/mol. The summed E-state index contributed by atoms with van der Waals surface area (Å²) in [4.78, 5) is 17.4. The Morgan fingerprint density at radius 3 is 1.33 bits per heavy atom. The maximum atomic E-state index is 9.00. The first-order chi connectivity index (χ1) is 3.46. The molecule has 0 aromatic rings. The first kappa shape index (κ1) is 16.1. The summed E-state index contributed by atoms with van der Waals surface area (Å²) in [5.74, 6) is 0. The third kappa shape index (κ3) is 10000. The molecule has 0 rings (SSSR count). The van der Waals surface area contributed by atoms with Gasteiger partial charge < -0.3 is 26.5 Å². The molecule has 48 valence electrons. The van der Waals surface area contributed by atoms with Crippen molar-refractivity contribution < 1.29 is 71.2 Å². The van der Waals surface area contributed by atoms with Crippen LogP contribution < -0.4 is 68.0 Å². The summed E-state index contributed by atoms with van der Waals surface area (Å²) < 4.78 is 0. The standard InChI is InChI=1S/CH4N2O.CH2O3.K/c2*2-1(3)4;/h(H4,2,3,4);(H2,2,3,4);/q;;+1/p-1. The normalized spacial score (nSPS) is 5.33. The van der Waals surface area contributed by atoms with Crippen LogP contribution in [0.1, 0.15) is 0 Å². The van der Waals surface area contributed by atoms with Gasteiger partial charge in [-0.25, -0.2) is 4.79 Å². The third-order valence-corrected chi connectivity index (χ3v) is 0. The van der Waals surface area contributed by atoms with E-state index in [0.29, 0.717) is 0 Å². The van der Waals surface area contributed by atoms with Crippen molar-refractivity contribution in [1.82, 2.24) is 0 Å². The van der Waals surface area contributed by atoms with Crippen molar-refractivity contribution in [2.75, 3.05) is 0 Å². The zero-order valence-electron chi connectivity index (χ0n) is 4.83. The van der Waals surface area contributed by atoms with Gasteiger partial charge in [-0.05, 0) is 0 Å². The van der Waals surface area contributed by atoms with Gasteiger partial charge in [-0.3, -0.25) is 0 Å². The Morgan fingerprint density at radius 1 is 1.33 bits per heavy atom. The average molecular weight is 160 g/mol. The molecule has 0 unspecified atom stereocenters. The van der Waals surface area contributed by atoms with Crippen LogP contribution in [0.15, 0.2) is 0 Å². The van der Waals surface area contributed by atoms with E-state index in [9.17, 15) is 0 Å². The van der Waals surface area contributed by atoms with Crippen LogP contribution in [0.5, 0.6) is 0 Å². The molecule has 0 aromatic heterocycles. The molecule has 9 heavy (non-hydrogen) atoms. The van der Waals surface area contributed by atoms with E-state index in [1.807, 2.05) is 0 Å². The van der Waals surface area contributed by atoms with E-state index in [4.69, 9.17) is 19.8 Å². The van der Waals surface area contributed by atoms with Crippen molar-refractivity contribution in [2.24, 2.45) is 11.5 Å². The second-order valence-corrected chi connectivity index (χ2v) is 0.668. The second-order valence-electron chi connectivity index (χ2n) is 0.668. The molecule has 0 spiro atoms. The van der Waals surface area contributed by atoms with Crippen LogP contribution in [0, 0.1) is 0 Å². The first-order valence-electron chi connectivity index (χ1n) is 1.41. The predicted octanol–water partition coefficient (Wildman–Crippen LogP) is -5.08. The van der Waals surface area contributed by atoms with Crippen LogP contribution in [-0.2, 0) is 0 Å². The molecule has 0 radical (unpaired) electrons. The molecule has 0 saturated heterocycles. The smallest absolute Gasteiger partial charge is 0.565 e. The molecule has 0 bridgehead atoms. The topological polar surface area (TPSA) is 129 Å². The minimum atomic E-state index is -2.08. The van der Waals surface area contributed by atoms with E-state index < -0.39 is 12.2 Å². The molecule has 0 aliphatic rings. The number of rotatable bonds is 0. The van der Waals surface area contributed by atoms with Gasteiger partial charge in [0.25, 0.3) is 0 Å². The number of urea groups is 1. The minimum Gasteiger partial charge on any atom is -0.565 e. The Balaban J connectivity index is -0.0000000720. The molecule has 0 saturated carbocycles. The molecular formula is C2H5KN2O4. The molecule has 0 aliphatic heterocycles. The maximum Gasteiger partial charge on any atom is 1.00 e. The summed E-state index contributed by atoms with van der Waals surface area (Å²) in [6, 6.07) is -0.833. The van der Waals surface area contributed by atoms with Crippen LogP contribution in [-0.4, -0.2) is 17.3 Å². The van der Waals surface area contributed by atoms with E-state index in [1.54, 1.807) is 0 Å². The van der Waals surface area contributed by atoms with Crippen molar-refractivity contribution in [3.05, 3.63) is 0 Å². The summed E-state index contributed by atoms with van der Waals surface area (Å²) in [5, 5.41) is 15.3. The Labute approximate surface area is 93.6 Å².